The molecule has 1 aromatic heterocycles. The summed E-state index contributed by atoms with van der Waals surface area (Å²) in [7, 11) is 0. The van der Waals surface area contributed by atoms with Gasteiger partial charge in [0.1, 0.15) is 0 Å². The Morgan fingerprint density at radius 3 is 3.06 bits per heavy atom. The number of aromatic nitrogens is 2. The van der Waals surface area contributed by atoms with Gasteiger partial charge in [-0.05, 0) is 12.5 Å². The number of primary amides is 1. The van der Waals surface area contributed by atoms with Crippen LogP contribution in [0.4, 0.5) is 5.82 Å². The number of anilines is 1. The van der Waals surface area contributed by atoms with Gasteiger partial charge in [0.25, 0.3) is 0 Å². The van der Waals surface area contributed by atoms with E-state index < -0.39 is 0 Å². The summed E-state index contributed by atoms with van der Waals surface area (Å²) in [6, 6.07) is 1.85. The molecule has 1 aromatic rings. The van der Waals surface area contributed by atoms with Crippen LogP contribution in [0.15, 0.2) is 12.3 Å². The molecule has 1 fully saturated rings. The van der Waals surface area contributed by atoms with Crippen molar-refractivity contribution in [1.29, 1.82) is 0 Å². The summed E-state index contributed by atoms with van der Waals surface area (Å²) in [5, 5.41) is 7.91. The van der Waals surface area contributed by atoms with E-state index in [9.17, 15) is 4.79 Å². The summed E-state index contributed by atoms with van der Waals surface area (Å²) >= 11 is 0. The lowest BCUT2D eigenvalue weighted by Crippen LogP contribution is -2.28. The molecule has 16 heavy (non-hydrogen) atoms. The lowest BCUT2D eigenvalue weighted by molar-refractivity contribution is -0.121. The summed E-state index contributed by atoms with van der Waals surface area (Å²) in [5.41, 5.74) is 11.9. The molecule has 2 heterocycles. The first kappa shape index (κ1) is 10.8. The molecule has 1 amide bonds. The van der Waals surface area contributed by atoms with Crippen molar-refractivity contribution in [3.63, 3.8) is 0 Å². The maximum Gasteiger partial charge on any atom is 0.222 e. The maximum absolute atomic E-state index is 11.1. The third kappa shape index (κ3) is 1.96. The quantitative estimate of drug-likeness (QED) is 0.699. The normalized spacial score (nSPS) is 20.1. The third-order valence-electron chi connectivity index (χ3n) is 2.89. The van der Waals surface area contributed by atoms with E-state index in [0.29, 0.717) is 13.1 Å². The van der Waals surface area contributed by atoms with Crippen molar-refractivity contribution in [2.24, 2.45) is 17.4 Å². The molecule has 4 N–H and O–H groups in total. The Morgan fingerprint density at radius 1 is 1.62 bits per heavy atom. The molecular formula is C10H15N5O. The van der Waals surface area contributed by atoms with Crippen molar-refractivity contribution in [1.82, 2.24) is 10.2 Å². The fourth-order valence-electron chi connectivity index (χ4n) is 1.96. The van der Waals surface area contributed by atoms with Gasteiger partial charge < -0.3 is 16.4 Å². The number of carbonyl (C=O) groups excluding carboxylic acids is 1. The van der Waals surface area contributed by atoms with Gasteiger partial charge in [-0.1, -0.05) is 0 Å². The van der Waals surface area contributed by atoms with Gasteiger partial charge in [0.2, 0.25) is 5.91 Å². The summed E-state index contributed by atoms with van der Waals surface area (Å²) in [6.45, 7) is 1.81. The van der Waals surface area contributed by atoms with Crippen molar-refractivity contribution in [3.8, 4) is 0 Å². The number of hydrogen-bond donors (Lipinski definition) is 2. The minimum Gasteiger partial charge on any atom is -0.369 e. The lowest BCUT2D eigenvalue weighted by Gasteiger charge is -2.18. The van der Waals surface area contributed by atoms with E-state index in [4.69, 9.17) is 11.5 Å². The highest BCUT2D eigenvalue weighted by atomic mass is 16.1. The average molecular weight is 221 g/mol. The number of carbonyl (C=O) groups is 1. The third-order valence-corrected chi connectivity index (χ3v) is 2.89. The first-order chi connectivity index (χ1) is 7.72. The molecule has 6 heteroatoms. The molecule has 1 atom stereocenters. The number of nitrogens with zero attached hydrogens (tertiary/aromatic N) is 3. The molecule has 0 radical (unpaired) electrons. The number of hydrogen-bond acceptors (Lipinski definition) is 5. The standard InChI is InChI=1S/C10H15N5O/c11-5-7-1-3-13-14-10(7)15-4-2-8(6-15)9(12)16/h1,3,8H,2,4-6,11H2,(H2,12,16). The molecule has 0 aliphatic carbocycles. The molecular weight excluding hydrogens is 206 g/mol. The van der Waals surface area contributed by atoms with Crippen LogP contribution >= 0.6 is 0 Å². The molecule has 0 aromatic carbocycles. The van der Waals surface area contributed by atoms with E-state index >= 15 is 0 Å². The zero-order valence-electron chi connectivity index (χ0n) is 8.97. The van der Waals surface area contributed by atoms with Crippen molar-refractivity contribution < 1.29 is 4.79 Å². The predicted molar refractivity (Wildman–Crippen MR) is 59.4 cm³/mol. The predicted octanol–water partition coefficient (Wildman–Crippen LogP) is -0.753. The van der Waals surface area contributed by atoms with E-state index in [2.05, 4.69) is 10.2 Å². The van der Waals surface area contributed by atoms with Crippen molar-refractivity contribution >= 4 is 11.7 Å². The minimum absolute atomic E-state index is 0.0902. The van der Waals surface area contributed by atoms with Gasteiger partial charge in [0.15, 0.2) is 5.82 Å². The van der Waals surface area contributed by atoms with Gasteiger partial charge in [-0.3, -0.25) is 4.79 Å². The van der Waals surface area contributed by atoms with E-state index in [1.165, 1.54) is 0 Å². The zero-order valence-corrected chi connectivity index (χ0v) is 8.97. The van der Waals surface area contributed by atoms with Gasteiger partial charge in [-0.15, -0.1) is 5.10 Å². The summed E-state index contributed by atoms with van der Waals surface area (Å²) in [4.78, 5) is 13.1. The van der Waals surface area contributed by atoms with Crippen LogP contribution in [0.5, 0.6) is 0 Å². The minimum atomic E-state index is -0.249. The first-order valence-electron chi connectivity index (χ1n) is 5.27. The molecule has 1 aliphatic rings. The zero-order chi connectivity index (χ0) is 11.5. The molecule has 1 unspecified atom stereocenters. The van der Waals surface area contributed by atoms with Gasteiger partial charge in [-0.25, -0.2) is 0 Å². The molecule has 6 nitrogen and oxygen atoms in total. The highest BCUT2D eigenvalue weighted by molar-refractivity contribution is 5.78. The Labute approximate surface area is 93.6 Å². The maximum atomic E-state index is 11.1. The van der Waals surface area contributed by atoms with E-state index in [1.54, 1.807) is 6.20 Å². The monoisotopic (exact) mass is 221 g/mol. The second kappa shape index (κ2) is 4.44. The molecule has 0 spiro atoms. The van der Waals surface area contributed by atoms with Crippen LogP contribution in [0.1, 0.15) is 12.0 Å². The van der Waals surface area contributed by atoms with Crippen molar-refractivity contribution in [3.05, 3.63) is 17.8 Å². The van der Waals surface area contributed by atoms with Crippen LogP contribution in [0.2, 0.25) is 0 Å². The van der Waals surface area contributed by atoms with Crippen LogP contribution in [0, 0.1) is 5.92 Å². The average Bonchev–Trinajstić information content (AvgIpc) is 2.78. The molecule has 2 rings (SSSR count). The Hall–Kier alpha value is -1.69. The molecule has 1 aliphatic heterocycles. The summed E-state index contributed by atoms with van der Waals surface area (Å²) < 4.78 is 0. The highest BCUT2D eigenvalue weighted by Gasteiger charge is 2.28. The van der Waals surface area contributed by atoms with Crippen LogP contribution in [-0.2, 0) is 11.3 Å². The second-order valence-electron chi connectivity index (χ2n) is 3.92. The highest BCUT2D eigenvalue weighted by Crippen LogP contribution is 2.23. The fraction of sp³-hybridized carbons (Fsp3) is 0.500. The molecule has 86 valence electrons. The number of rotatable bonds is 3. The van der Waals surface area contributed by atoms with Gasteiger partial charge in [0, 0.05) is 25.2 Å². The SMILES string of the molecule is NCc1ccnnc1N1CCC(C(N)=O)C1. The molecule has 1 saturated heterocycles. The Balaban J connectivity index is 2.17. The van der Waals surface area contributed by atoms with E-state index in [1.807, 2.05) is 11.0 Å². The van der Waals surface area contributed by atoms with Crippen LogP contribution in [0.25, 0.3) is 0 Å². The second-order valence-corrected chi connectivity index (χ2v) is 3.92. The Morgan fingerprint density at radius 2 is 2.44 bits per heavy atom. The van der Waals surface area contributed by atoms with Gasteiger partial charge >= 0.3 is 0 Å². The van der Waals surface area contributed by atoms with Crippen molar-refractivity contribution in [2.45, 2.75) is 13.0 Å². The molecule has 0 saturated carbocycles. The number of amides is 1. The number of nitrogens with two attached hydrogens (primary N) is 2. The molecule has 0 bridgehead atoms. The summed E-state index contributed by atoms with van der Waals surface area (Å²) in [5.74, 6) is 0.432. The van der Waals surface area contributed by atoms with Crippen molar-refractivity contribution in [2.75, 3.05) is 18.0 Å². The van der Waals surface area contributed by atoms with Crippen LogP contribution < -0.4 is 16.4 Å². The van der Waals surface area contributed by atoms with Gasteiger partial charge in [-0.2, -0.15) is 5.10 Å². The smallest absolute Gasteiger partial charge is 0.222 e. The van der Waals surface area contributed by atoms with E-state index in [0.717, 1.165) is 24.3 Å². The Bertz CT molecular complexity index is 395. The fourth-order valence-corrected chi connectivity index (χ4v) is 1.96. The Kier molecular flexibility index (Phi) is 3.00. The topological polar surface area (TPSA) is 98.1 Å². The van der Waals surface area contributed by atoms with Crippen LogP contribution in [0.3, 0.4) is 0 Å². The first-order valence-corrected chi connectivity index (χ1v) is 5.27. The largest absolute Gasteiger partial charge is 0.369 e. The van der Waals surface area contributed by atoms with Gasteiger partial charge in [0.05, 0.1) is 12.1 Å². The summed E-state index contributed by atoms with van der Waals surface area (Å²) in [6.07, 6.45) is 2.39. The van der Waals surface area contributed by atoms with Crippen LogP contribution in [-0.4, -0.2) is 29.2 Å². The van der Waals surface area contributed by atoms with E-state index in [-0.39, 0.29) is 11.8 Å². The lowest BCUT2D eigenvalue weighted by atomic mass is 10.1.